The fourth-order valence-electron chi connectivity index (χ4n) is 2.03. The molecule has 0 saturated carbocycles. The van der Waals surface area contributed by atoms with Crippen LogP contribution >= 0.6 is 0 Å². The fraction of sp³-hybridized carbons (Fsp3) is 0.583. The first-order chi connectivity index (χ1) is 7.81. The van der Waals surface area contributed by atoms with Gasteiger partial charge in [0.1, 0.15) is 5.82 Å². The highest BCUT2D eigenvalue weighted by atomic mass is 16.3. The Labute approximate surface area is 96.1 Å². The third kappa shape index (κ3) is 2.51. The van der Waals surface area contributed by atoms with Crippen LogP contribution in [0.5, 0.6) is 0 Å². The molecule has 2 heterocycles. The molecule has 1 aliphatic heterocycles. The summed E-state index contributed by atoms with van der Waals surface area (Å²) in [7, 11) is 0. The van der Waals surface area contributed by atoms with Crippen molar-refractivity contribution in [1.82, 2.24) is 4.98 Å². The second-order valence-electron chi connectivity index (χ2n) is 4.29. The van der Waals surface area contributed by atoms with Crippen molar-refractivity contribution in [3.63, 3.8) is 0 Å². The van der Waals surface area contributed by atoms with Crippen molar-refractivity contribution in [2.24, 2.45) is 5.73 Å². The zero-order valence-electron chi connectivity index (χ0n) is 9.47. The van der Waals surface area contributed by atoms with Gasteiger partial charge in [-0.1, -0.05) is 6.07 Å². The largest absolute Gasteiger partial charge is 0.394 e. The van der Waals surface area contributed by atoms with E-state index < -0.39 is 0 Å². The van der Waals surface area contributed by atoms with Crippen LogP contribution in [-0.4, -0.2) is 29.8 Å². The summed E-state index contributed by atoms with van der Waals surface area (Å²) in [5.74, 6) is 1.02. The first-order valence-corrected chi connectivity index (χ1v) is 5.88. The van der Waals surface area contributed by atoms with Crippen LogP contribution in [0.25, 0.3) is 0 Å². The number of aliphatic hydroxyl groups is 1. The van der Waals surface area contributed by atoms with Gasteiger partial charge in [0.05, 0.1) is 12.6 Å². The highest BCUT2D eigenvalue weighted by Gasteiger charge is 2.12. The maximum Gasteiger partial charge on any atom is 0.128 e. The highest BCUT2D eigenvalue weighted by Crippen LogP contribution is 2.18. The molecule has 0 spiro atoms. The summed E-state index contributed by atoms with van der Waals surface area (Å²) in [6.45, 7) is 2.15. The number of nitrogens with zero attached hydrogens (tertiary/aromatic N) is 2. The minimum absolute atomic E-state index is 0.0370. The van der Waals surface area contributed by atoms with Gasteiger partial charge >= 0.3 is 0 Å². The molecule has 0 amide bonds. The summed E-state index contributed by atoms with van der Waals surface area (Å²) in [5, 5.41) is 8.94. The molecule has 2 rings (SSSR count). The SMILES string of the molecule is N[C@@H](CO)c1ccc(N2CCCCC2)nc1. The second-order valence-corrected chi connectivity index (χ2v) is 4.29. The van der Waals surface area contributed by atoms with Crippen LogP contribution < -0.4 is 10.6 Å². The van der Waals surface area contributed by atoms with Gasteiger partial charge in [-0.15, -0.1) is 0 Å². The first-order valence-electron chi connectivity index (χ1n) is 5.88. The first kappa shape index (κ1) is 11.4. The molecule has 1 aliphatic rings. The minimum atomic E-state index is -0.317. The summed E-state index contributed by atoms with van der Waals surface area (Å²) in [6.07, 6.45) is 5.59. The van der Waals surface area contributed by atoms with E-state index in [1.807, 2.05) is 12.1 Å². The van der Waals surface area contributed by atoms with E-state index in [1.165, 1.54) is 19.3 Å². The fourth-order valence-corrected chi connectivity index (χ4v) is 2.03. The third-order valence-corrected chi connectivity index (χ3v) is 3.08. The predicted octanol–water partition coefficient (Wildman–Crippen LogP) is 1.06. The number of rotatable bonds is 3. The van der Waals surface area contributed by atoms with Crippen LogP contribution in [0.4, 0.5) is 5.82 Å². The van der Waals surface area contributed by atoms with Gasteiger partial charge in [-0.3, -0.25) is 0 Å². The normalized spacial score (nSPS) is 18.5. The monoisotopic (exact) mass is 221 g/mol. The third-order valence-electron chi connectivity index (χ3n) is 3.08. The average Bonchev–Trinajstić information content (AvgIpc) is 2.39. The van der Waals surface area contributed by atoms with Crippen LogP contribution in [0.2, 0.25) is 0 Å². The van der Waals surface area contributed by atoms with Crippen LogP contribution in [0, 0.1) is 0 Å². The maximum atomic E-state index is 8.94. The molecule has 1 aromatic heterocycles. The van der Waals surface area contributed by atoms with E-state index in [4.69, 9.17) is 10.8 Å². The van der Waals surface area contributed by atoms with Gasteiger partial charge in [0.2, 0.25) is 0 Å². The molecule has 4 heteroatoms. The molecule has 0 aliphatic carbocycles. The van der Waals surface area contributed by atoms with E-state index in [-0.39, 0.29) is 12.6 Å². The Hall–Kier alpha value is -1.13. The van der Waals surface area contributed by atoms with Gasteiger partial charge in [-0.05, 0) is 30.9 Å². The standard InChI is InChI=1S/C12H19N3O/c13-11(9-16)10-4-5-12(14-8-10)15-6-2-1-3-7-15/h4-5,8,11,16H,1-3,6-7,9,13H2/t11-/m0/s1. The van der Waals surface area contributed by atoms with Gasteiger partial charge in [-0.2, -0.15) is 0 Å². The Balaban J connectivity index is 2.06. The van der Waals surface area contributed by atoms with Gasteiger partial charge in [0, 0.05) is 19.3 Å². The smallest absolute Gasteiger partial charge is 0.128 e. The molecular formula is C12H19N3O. The molecule has 0 bridgehead atoms. The second kappa shape index (κ2) is 5.27. The molecule has 1 fully saturated rings. The number of aliphatic hydroxyl groups excluding tert-OH is 1. The Morgan fingerprint density at radius 3 is 2.62 bits per heavy atom. The number of hydrogen-bond acceptors (Lipinski definition) is 4. The Bertz CT molecular complexity index is 320. The van der Waals surface area contributed by atoms with E-state index in [2.05, 4.69) is 9.88 Å². The molecule has 88 valence electrons. The summed E-state index contributed by atoms with van der Waals surface area (Å²) >= 11 is 0. The molecule has 16 heavy (non-hydrogen) atoms. The lowest BCUT2D eigenvalue weighted by molar-refractivity contribution is 0.268. The molecule has 4 nitrogen and oxygen atoms in total. The molecular weight excluding hydrogens is 202 g/mol. The topological polar surface area (TPSA) is 62.4 Å². The zero-order chi connectivity index (χ0) is 11.4. The molecule has 1 atom stereocenters. The van der Waals surface area contributed by atoms with Crippen molar-refractivity contribution in [2.45, 2.75) is 25.3 Å². The summed E-state index contributed by atoms with van der Waals surface area (Å²) in [5.41, 5.74) is 6.61. The average molecular weight is 221 g/mol. The summed E-state index contributed by atoms with van der Waals surface area (Å²) in [4.78, 5) is 6.71. The van der Waals surface area contributed by atoms with Crippen LogP contribution in [-0.2, 0) is 0 Å². The zero-order valence-corrected chi connectivity index (χ0v) is 9.47. The Morgan fingerprint density at radius 2 is 2.06 bits per heavy atom. The van der Waals surface area contributed by atoms with Crippen molar-refractivity contribution in [3.05, 3.63) is 23.9 Å². The molecule has 0 radical (unpaired) electrons. The molecule has 0 unspecified atom stereocenters. The van der Waals surface area contributed by atoms with Crippen molar-refractivity contribution < 1.29 is 5.11 Å². The molecule has 1 saturated heterocycles. The lowest BCUT2D eigenvalue weighted by Crippen LogP contribution is -2.30. The number of anilines is 1. The summed E-state index contributed by atoms with van der Waals surface area (Å²) in [6, 6.07) is 3.64. The van der Waals surface area contributed by atoms with Crippen molar-refractivity contribution in [3.8, 4) is 0 Å². The van der Waals surface area contributed by atoms with Crippen molar-refractivity contribution in [1.29, 1.82) is 0 Å². The van der Waals surface area contributed by atoms with Crippen molar-refractivity contribution in [2.75, 3.05) is 24.6 Å². The number of aromatic nitrogens is 1. The lowest BCUT2D eigenvalue weighted by atomic mass is 10.1. The number of piperidine rings is 1. The van der Waals surface area contributed by atoms with E-state index >= 15 is 0 Å². The predicted molar refractivity (Wildman–Crippen MR) is 64.3 cm³/mol. The van der Waals surface area contributed by atoms with Gasteiger partial charge in [-0.25, -0.2) is 4.98 Å². The lowest BCUT2D eigenvalue weighted by Gasteiger charge is -2.27. The van der Waals surface area contributed by atoms with Gasteiger partial charge < -0.3 is 15.7 Å². The molecule has 1 aromatic rings. The number of pyridine rings is 1. The Kier molecular flexibility index (Phi) is 3.74. The number of nitrogens with two attached hydrogens (primary N) is 1. The van der Waals surface area contributed by atoms with E-state index in [0.717, 1.165) is 24.5 Å². The van der Waals surface area contributed by atoms with Crippen LogP contribution in [0.3, 0.4) is 0 Å². The molecule has 3 N–H and O–H groups in total. The van der Waals surface area contributed by atoms with E-state index in [1.54, 1.807) is 6.20 Å². The summed E-state index contributed by atoms with van der Waals surface area (Å²) < 4.78 is 0. The Morgan fingerprint density at radius 1 is 1.31 bits per heavy atom. The highest BCUT2D eigenvalue weighted by molar-refractivity contribution is 5.40. The maximum absolute atomic E-state index is 8.94. The van der Waals surface area contributed by atoms with Crippen molar-refractivity contribution >= 4 is 5.82 Å². The van der Waals surface area contributed by atoms with E-state index in [0.29, 0.717) is 0 Å². The van der Waals surface area contributed by atoms with Gasteiger partial charge in [0.25, 0.3) is 0 Å². The van der Waals surface area contributed by atoms with Crippen LogP contribution in [0.15, 0.2) is 18.3 Å². The molecule has 0 aromatic carbocycles. The van der Waals surface area contributed by atoms with Gasteiger partial charge in [0.15, 0.2) is 0 Å². The quantitative estimate of drug-likeness (QED) is 0.801. The number of hydrogen-bond donors (Lipinski definition) is 2. The minimum Gasteiger partial charge on any atom is -0.394 e. The van der Waals surface area contributed by atoms with E-state index in [9.17, 15) is 0 Å². The van der Waals surface area contributed by atoms with Crippen LogP contribution in [0.1, 0.15) is 30.9 Å².